The summed E-state index contributed by atoms with van der Waals surface area (Å²) in [6.45, 7) is 11.9. The number of unbranched alkanes of at least 4 members (excludes halogenated alkanes) is 40. The number of aliphatic hydroxyl groups excluding tert-OH is 1. The molecule has 19 heteroatoms. The van der Waals surface area contributed by atoms with Gasteiger partial charge in [0.25, 0.3) is 0 Å². The number of ether oxygens (including phenoxy) is 4. The van der Waals surface area contributed by atoms with Gasteiger partial charge in [0.05, 0.1) is 26.4 Å². The maximum Gasteiger partial charge on any atom is 0.472 e. The summed E-state index contributed by atoms with van der Waals surface area (Å²) >= 11 is 0. The maximum absolute atomic E-state index is 13.1. The molecule has 0 saturated heterocycles. The molecule has 0 aliphatic heterocycles. The summed E-state index contributed by atoms with van der Waals surface area (Å²) in [6.07, 6.45) is 52.6. The Hall–Kier alpha value is -1.94. The lowest BCUT2D eigenvalue weighted by Crippen LogP contribution is -2.30. The van der Waals surface area contributed by atoms with E-state index in [1.54, 1.807) is 0 Å². The fourth-order valence-corrected chi connectivity index (χ4v) is 13.1. The summed E-state index contributed by atoms with van der Waals surface area (Å²) < 4.78 is 68.5. The Bertz CT molecular complexity index is 1860. The predicted molar refractivity (Wildman–Crippen MR) is 386 cm³/mol. The second-order valence-corrected chi connectivity index (χ2v) is 31.3. The number of carbonyl (C=O) groups is 4. The third-order valence-electron chi connectivity index (χ3n) is 18.4. The average molecular weight is 1400 g/mol. The molecule has 0 aromatic carbocycles. The average Bonchev–Trinajstić information content (AvgIpc) is 3.69. The molecule has 0 aliphatic carbocycles. The van der Waals surface area contributed by atoms with Gasteiger partial charge in [-0.25, -0.2) is 9.13 Å². The lowest BCUT2D eigenvalue weighted by molar-refractivity contribution is -0.161. The normalized spacial score (nSPS) is 14.6. The van der Waals surface area contributed by atoms with Crippen LogP contribution in [0.5, 0.6) is 0 Å². The number of aliphatic hydroxyl groups is 1. The van der Waals surface area contributed by atoms with E-state index in [1.165, 1.54) is 199 Å². The van der Waals surface area contributed by atoms with Crippen molar-refractivity contribution in [2.45, 2.75) is 407 Å². The highest BCUT2D eigenvalue weighted by molar-refractivity contribution is 7.47. The van der Waals surface area contributed by atoms with E-state index in [-0.39, 0.29) is 25.7 Å². The Kier molecular flexibility index (Phi) is 65.2. The number of phosphoric acid groups is 2. The molecule has 7 atom stereocenters. The monoisotopic (exact) mass is 1400 g/mol. The van der Waals surface area contributed by atoms with Crippen LogP contribution in [0.15, 0.2) is 0 Å². The largest absolute Gasteiger partial charge is 0.472 e. The van der Waals surface area contributed by atoms with Gasteiger partial charge in [0.1, 0.15) is 19.3 Å². The summed E-state index contributed by atoms with van der Waals surface area (Å²) in [5.74, 6) is 0.238. The number of phosphoric ester groups is 2. The Balaban J connectivity index is 5.24. The van der Waals surface area contributed by atoms with E-state index in [1.807, 2.05) is 0 Å². The fraction of sp³-hybridized carbons (Fsp3) is 0.947. The number of hydrogen-bond donors (Lipinski definition) is 3. The third kappa shape index (κ3) is 67.6. The second kappa shape index (κ2) is 66.6. The highest BCUT2D eigenvalue weighted by atomic mass is 31.2. The fourth-order valence-electron chi connectivity index (χ4n) is 11.5. The maximum atomic E-state index is 13.1. The van der Waals surface area contributed by atoms with Crippen LogP contribution in [0.3, 0.4) is 0 Å². The molecule has 0 radical (unpaired) electrons. The Morgan fingerprint density at radius 1 is 0.305 bits per heavy atom. The number of rotatable bonds is 74. The van der Waals surface area contributed by atoms with Crippen molar-refractivity contribution in [1.82, 2.24) is 0 Å². The smallest absolute Gasteiger partial charge is 0.462 e. The van der Waals surface area contributed by atoms with Gasteiger partial charge in [-0.1, -0.05) is 337 Å². The number of esters is 4. The van der Waals surface area contributed by atoms with Gasteiger partial charge in [-0.2, -0.15) is 0 Å². The molecule has 0 aliphatic rings. The second-order valence-electron chi connectivity index (χ2n) is 28.4. The molecule has 0 heterocycles. The van der Waals surface area contributed by atoms with Crippen LogP contribution in [0.2, 0.25) is 0 Å². The van der Waals surface area contributed by atoms with Gasteiger partial charge in [0.15, 0.2) is 12.2 Å². The van der Waals surface area contributed by atoms with Crippen LogP contribution in [0, 0.1) is 17.8 Å². The first kappa shape index (κ1) is 93.1. The van der Waals surface area contributed by atoms with E-state index in [9.17, 15) is 43.2 Å². The molecule has 0 rings (SSSR count). The highest BCUT2D eigenvalue weighted by Gasteiger charge is 2.30. The molecule has 17 nitrogen and oxygen atoms in total. The van der Waals surface area contributed by atoms with Crippen LogP contribution < -0.4 is 0 Å². The van der Waals surface area contributed by atoms with Crippen LogP contribution in [-0.2, 0) is 65.4 Å². The van der Waals surface area contributed by atoms with E-state index >= 15 is 0 Å². The first-order valence-electron chi connectivity index (χ1n) is 39.4. The summed E-state index contributed by atoms with van der Waals surface area (Å²) in [4.78, 5) is 72.8. The van der Waals surface area contributed by atoms with E-state index in [2.05, 4.69) is 48.5 Å². The molecule has 0 spiro atoms. The topological polar surface area (TPSA) is 237 Å². The quantitative estimate of drug-likeness (QED) is 0.0222. The van der Waals surface area contributed by atoms with Crippen molar-refractivity contribution in [3.8, 4) is 0 Å². The minimum absolute atomic E-state index is 0.105. The van der Waals surface area contributed by atoms with E-state index in [0.717, 1.165) is 108 Å². The zero-order valence-corrected chi connectivity index (χ0v) is 63.9. The Morgan fingerprint density at radius 2 is 0.537 bits per heavy atom. The molecule has 95 heavy (non-hydrogen) atoms. The van der Waals surface area contributed by atoms with Crippen molar-refractivity contribution in [2.75, 3.05) is 39.6 Å². The standard InChI is InChI=1S/C76H148O17P2/c1-8-11-12-13-14-15-16-24-27-36-43-50-57-73(78)86-63-72(93-76(81)60-53-46-39-32-30-35-42-49-56-69(7)10-3)66-91-95(84,85)89-62-70(77)61-88-94(82,83)90-65-71(64-87-74(79)58-51-44-37-31-29-34-41-48-55-68(6)9-2)92-75(80)59-52-45-38-28-25-22-20-18-17-19-21-23-26-33-40-47-54-67(4)5/h67-72,77H,8-66H2,1-7H3,(H,82,83)(H,84,85)/t68?,69?,70-,71-,72-/m1/s1. The zero-order valence-electron chi connectivity index (χ0n) is 62.1. The first-order valence-corrected chi connectivity index (χ1v) is 42.4. The van der Waals surface area contributed by atoms with Gasteiger partial charge < -0.3 is 33.8 Å². The summed E-state index contributed by atoms with van der Waals surface area (Å²) in [6, 6.07) is 0. The Morgan fingerprint density at radius 3 is 0.800 bits per heavy atom. The number of carbonyl (C=O) groups excluding carboxylic acids is 4. The van der Waals surface area contributed by atoms with Crippen LogP contribution in [0.1, 0.15) is 389 Å². The van der Waals surface area contributed by atoms with Crippen LogP contribution in [0.25, 0.3) is 0 Å². The third-order valence-corrected chi connectivity index (χ3v) is 20.3. The van der Waals surface area contributed by atoms with Crippen molar-refractivity contribution in [3.63, 3.8) is 0 Å². The summed E-state index contributed by atoms with van der Waals surface area (Å²) in [7, 11) is -9.91. The van der Waals surface area contributed by atoms with Gasteiger partial charge in [-0.05, 0) is 43.4 Å². The lowest BCUT2D eigenvalue weighted by atomic mass is 9.99. The molecule has 0 saturated carbocycles. The van der Waals surface area contributed by atoms with Gasteiger partial charge >= 0.3 is 39.5 Å². The van der Waals surface area contributed by atoms with Crippen molar-refractivity contribution in [2.24, 2.45) is 17.8 Å². The highest BCUT2D eigenvalue weighted by Crippen LogP contribution is 2.45. The molecule has 4 unspecified atom stereocenters. The predicted octanol–water partition coefficient (Wildman–Crippen LogP) is 22.2. The van der Waals surface area contributed by atoms with Crippen molar-refractivity contribution >= 4 is 39.5 Å². The van der Waals surface area contributed by atoms with Crippen LogP contribution in [-0.4, -0.2) is 96.7 Å². The molecule has 0 fully saturated rings. The molecular weight excluding hydrogens is 1250 g/mol. The minimum atomic E-state index is -4.96. The summed E-state index contributed by atoms with van der Waals surface area (Å²) in [5.41, 5.74) is 0. The molecule has 3 N–H and O–H groups in total. The van der Waals surface area contributed by atoms with Gasteiger partial charge in [0, 0.05) is 25.7 Å². The van der Waals surface area contributed by atoms with E-state index in [4.69, 9.17) is 37.0 Å². The van der Waals surface area contributed by atoms with Gasteiger partial charge in [0.2, 0.25) is 0 Å². The lowest BCUT2D eigenvalue weighted by Gasteiger charge is -2.21. The molecule has 564 valence electrons. The molecule has 0 bridgehead atoms. The van der Waals surface area contributed by atoms with E-state index < -0.39 is 97.5 Å². The molecule has 0 amide bonds. The summed E-state index contributed by atoms with van der Waals surface area (Å²) in [5, 5.41) is 10.6. The molecule has 0 aromatic rings. The SMILES string of the molecule is CCCCCCCCCCCCCCC(=O)OC[C@H](COP(=O)(O)OC[C@H](O)COP(=O)(O)OC[C@@H](COC(=O)CCCCCCCCCCC(C)CC)OC(=O)CCCCCCCCCCCCCCCCCCC(C)C)OC(=O)CCCCCCCCCCC(C)CC. The zero-order chi connectivity index (χ0) is 70.1. The van der Waals surface area contributed by atoms with Crippen molar-refractivity contribution in [3.05, 3.63) is 0 Å². The van der Waals surface area contributed by atoms with Crippen molar-refractivity contribution < 1.29 is 80.2 Å². The molecular formula is C76H148O17P2. The van der Waals surface area contributed by atoms with Crippen LogP contribution in [0.4, 0.5) is 0 Å². The molecule has 0 aromatic heterocycles. The van der Waals surface area contributed by atoms with Crippen molar-refractivity contribution in [1.29, 1.82) is 0 Å². The first-order chi connectivity index (χ1) is 45.8. The number of hydrogen-bond acceptors (Lipinski definition) is 15. The van der Waals surface area contributed by atoms with Crippen LogP contribution >= 0.6 is 15.6 Å². The Labute approximate surface area is 581 Å². The van der Waals surface area contributed by atoms with E-state index in [0.29, 0.717) is 25.7 Å². The van der Waals surface area contributed by atoms with Gasteiger partial charge in [-0.15, -0.1) is 0 Å². The minimum Gasteiger partial charge on any atom is -0.462 e. The van der Waals surface area contributed by atoms with Gasteiger partial charge in [-0.3, -0.25) is 37.3 Å².